The molecule has 0 saturated heterocycles. The molecule has 0 unspecified atom stereocenters. The monoisotopic (exact) mass is 617 g/mol. The zero-order valence-electron chi connectivity index (χ0n) is 25.6. The molecule has 12 heteroatoms. The van der Waals surface area contributed by atoms with E-state index in [4.69, 9.17) is 14.6 Å². The molecule has 12 nitrogen and oxygen atoms in total. The van der Waals surface area contributed by atoms with Gasteiger partial charge in [-0.1, -0.05) is 19.4 Å². The molecular weight excluding hydrogens is 574 g/mol. The van der Waals surface area contributed by atoms with E-state index in [1.807, 2.05) is 13.0 Å². The standard InChI is InChI=1S/C32H43NO11/c1-18(34)44-32(25(36)17-43-28(40)9-7-26(37)33-24(29(41)42)6-8-27(38)39)15-12-23-21-5-4-19-16-20(35)10-13-30(19,2)22(21)11-14-31(23,32)3/h16,21-24H,4-15,17H2,1-3H3,(H,33,37)(H,38,39)(H,41,42)/t21-,22+,23+,24-,30+,31+,32+/m1/s1. The van der Waals surface area contributed by atoms with Crippen molar-refractivity contribution in [2.75, 3.05) is 6.61 Å². The van der Waals surface area contributed by atoms with Crippen LogP contribution in [-0.2, 0) is 43.0 Å². The van der Waals surface area contributed by atoms with Crippen molar-refractivity contribution in [2.24, 2.45) is 28.6 Å². The van der Waals surface area contributed by atoms with Crippen molar-refractivity contribution < 1.29 is 53.2 Å². The van der Waals surface area contributed by atoms with E-state index in [-0.39, 0.29) is 23.5 Å². The van der Waals surface area contributed by atoms with E-state index >= 15 is 0 Å². The zero-order valence-corrected chi connectivity index (χ0v) is 25.6. The molecule has 4 rings (SSSR count). The van der Waals surface area contributed by atoms with Crippen LogP contribution >= 0.6 is 0 Å². The maximum Gasteiger partial charge on any atom is 0.326 e. The second-order valence-corrected chi connectivity index (χ2v) is 13.4. The summed E-state index contributed by atoms with van der Waals surface area (Å²) in [4.78, 5) is 85.1. The molecule has 0 aliphatic heterocycles. The van der Waals surface area contributed by atoms with Crippen molar-refractivity contribution in [3.63, 3.8) is 0 Å². The van der Waals surface area contributed by atoms with Gasteiger partial charge in [0.15, 0.2) is 18.0 Å². The smallest absolute Gasteiger partial charge is 0.326 e. The fourth-order valence-electron chi connectivity index (χ4n) is 8.83. The molecule has 0 heterocycles. The highest BCUT2D eigenvalue weighted by Crippen LogP contribution is 2.68. The number of hydrogen-bond acceptors (Lipinski definition) is 9. The lowest BCUT2D eigenvalue weighted by Crippen LogP contribution is -2.59. The van der Waals surface area contributed by atoms with Crippen LogP contribution in [0.15, 0.2) is 11.6 Å². The SMILES string of the molecule is CC(=O)O[C@]1(C(=O)COC(=O)CCC(=O)N[C@H](CCC(=O)O)C(=O)O)CC[C@H]2[C@@H]3CCC4=CC(=O)CC[C@]4(C)[C@H]3CC[C@@]21C. The number of nitrogens with one attached hydrogen (secondary N) is 1. The summed E-state index contributed by atoms with van der Waals surface area (Å²) >= 11 is 0. The molecule has 242 valence electrons. The van der Waals surface area contributed by atoms with Crippen LogP contribution in [0.3, 0.4) is 0 Å². The molecule has 0 aromatic heterocycles. The molecule has 0 spiro atoms. The third-order valence-electron chi connectivity index (χ3n) is 11.1. The van der Waals surface area contributed by atoms with Crippen molar-refractivity contribution in [1.82, 2.24) is 5.32 Å². The van der Waals surface area contributed by atoms with Gasteiger partial charge in [-0.15, -0.1) is 0 Å². The molecule has 3 fully saturated rings. The second-order valence-electron chi connectivity index (χ2n) is 13.4. The molecule has 7 atom stereocenters. The fraction of sp³-hybridized carbons (Fsp3) is 0.719. The first kappa shape index (κ1) is 33.3. The molecule has 1 amide bonds. The third-order valence-corrected chi connectivity index (χ3v) is 11.1. The lowest BCUT2D eigenvalue weighted by molar-refractivity contribution is -0.191. The van der Waals surface area contributed by atoms with Gasteiger partial charge < -0.3 is 25.0 Å². The van der Waals surface area contributed by atoms with Crippen molar-refractivity contribution in [1.29, 1.82) is 0 Å². The lowest BCUT2D eigenvalue weighted by Gasteiger charge is -2.59. The largest absolute Gasteiger partial charge is 0.481 e. The molecule has 0 radical (unpaired) electrons. The van der Waals surface area contributed by atoms with Crippen LogP contribution in [0.2, 0.25) is 0 Å². The summed E-state index contributed by atoms with van der Waals surface area (Å²) in [7, 11) is 0. The Labute approximate surface area is 256 Å². The summed E-state index contributed by atoms with van der Waals surface area (Å²) < 4.78 is 11.1. The number of amides is 1. The topological polar surface area (TPSA) is 190 Å². The summed E-state index contributed by atoms with van der Waals surface area (Å²) in [5, 5.41) is 20.2. The number of aliphatic carboxylic acids is 2. The van der Waals surface area contributed by atoms with Gasteiger partial charge in [0.2, 0.25) is 11.7 Å². The van der Waals surface area contributed by atoms with Gasteiger partial charge in [0.1, 0.15) is 6.04 Å². The zero-order chi connectivity index (χ0) is 32.4. The highest BCUT2D eigenvalue weighted by Gasteiger charge is 2.68. The second kappa shape index (κ2) is 12.8. The highest BCUT2D eigenvalue weighted by molar-refractivity contribution is 5.94. The Morgan fingerprint density at radius 2 is 1.66 bits per heavy atom. The first-order chi connectivity index (χ1) is 20.6. The molecule has 0 aromatic carbocycles. The minimum absolute atomic E-state index is 0.0581. The number of carbonyl (C=O) groups excluding carboxylic acids is 5. The summed E-state index contributed by atoms with van der Waals surface area (Å²) in [5.41, 5.74) is -0.937. The molecule has 3 N–H and O–H groups in total. The Morgan fingerprint density at radius 3 is 2.32 bits per heavy atom. The summed E-state index contributed by atoms with van der Waals surface area (Å²) in [5.74, 6) is -4.34. The Bertz CT molecular complexity index is 1270. The van der Waals surface area contributed by atoms with Crippen molar-refractivity contribution >= 4 is 41.4 Å². The van der Waals surface area contributed by atoms with Crippen molar-refractivity contribution in [3.05, 3.63) is 11.6 Å². The normalized spacial score (nSPS) is 33.0. The van der Waals surface area contributed by atoms with Gasteiger partial charge in [-0.25, -0.2) is 4.79 Å². The van der Waals surface area contributed by atoms with Gasteiger partial charge in [-0.2, -0.15) is 0 Å². The number of ether oxygens (including phenoxy) is 2. The fourth-order valence-corrected chi connectivity index (χ4v) is 8.83. The molecule has 0 bridgehead atoms. The number of carbonyl (C=O) groups is 7. The number of fused-ring (bicyclic) bond motifs is 5. The van der Waals surface area contributed by atoms with E-state index in [2.05, 4.69) is 12.2 Å². The number of carboxylic acids is 2. The average Bonchev–Trinajstić information content (AvgIpc) is 3.25. The number of allylic oxidation sites excluding steroid dienone is 1. The van der Waals surface area contributed by atoms with E-state index < -0.39 is 78.5 Å². The summed E-state index contributed by atoms with van der Waals surface area (Å²) in [6.45, 7) is 4.91. The number of carboxylic acid groups (broad SMARTS) is 2. The predicted octanol–water partition coefficient (Wildman–Crippen LogP) is 3.15. The number of hydrogen-bond donors (Lipinski definition) is 3. The van der Waals surface area contributed by atoms with Crippen molar-refractivity contribution in [3.8, 4) is 0 Å². The van der Waals surface area contributed by atoms with Gasteiger partial charge in [-0.05, 0) is 80.6 Å². The molecular formula is C32H43NO11. The number of rotatable bonds is 12. The van der Waals surface area contributed by atoms with Crippen LogP contribution in [0, 0.1) is 28.6 Å². The van der Waals surface area contributed by atoms with E-state index in [0.717, 1.165) is 25.7 Å². The minimum Gasteiger partial charge on any atom is -0.481 e. The van der Waals surface area contributed by atoms with E-state index in [0.29, 0.717) is 37.5 Å². The van der Waals surface area contributed by atoms with Crippen LogP contribution in [0.4, 0.5) is 0 Å². The number of Topliss-reactive ketones (excluding diaryl/α,β-unsaturated/α-hetero) is 1. The van der Waals surface area contributed by atoms with Crippen LogP contribution in [-0.4, -0.2) is 69.8 Å². The maximum absolute atomic E-state index is 13.8. The predicted molar refractivity (Wildman–Crippen MR) is 153 cm³/mol. The molecule has 4 aliphatic rings. The highest BCUT2D eigenvalue weighted by atomic mass is 16.6. The average molecular weight is 618 g/mol. The van der Waals surface area contributed by atoms with Gasteiger partial charge in [0.25, 0.3) is 0 Å². The summed E-state index contributed by atoms with van der Waals surface area (Å²) in [6.07, 6.45) is 5.82. The molecule has 4 aliphatic carbocycles. The maximum atomic E-state index is 13.8. The van der Waals surface area contributed by atoms with Crippen molar-refractivity contribution in [2.45, 2.75) is 109 Å². The Balaban J connectivity index is 1.40. The van der Waals surface area contributed by atoms with Gasteiger partial charge >= 0.3 is 23.9 Å². The molecule has 44 heavy (non-hydrogen) atoms. The minimum atomic E-state index is -1.45. The summed E-state index contributed by atoms with van der Waals surface area (Å²) in [6, 6.07) is -1.42. The van der Waals surface area contributed by atoms with Gasteiger partial charge in [0, 0.05) is 31.6 Å². The third kappa shape index (κ3) is 6.30. The first-order valence-electron chi connectivity index (χ1n) is 15.5. The van der Waals surface area contributed by atoms with Crippen LogP contribution in [0.5, 0.6) is 0 Å². The van der Waals surface area contributed by atoms with Crippen LogP contribution in [0.1, 0.15) is 97.8 Å². The Morgan fingerprint density at radius 1 is 0.955 bits per heavy atom. The molecule has 3 saturated carbocycles. The molecule has 0 aromatic rings. The van der Waals surface area contributed by atoms with E-state index in [1.165, 1.54) is 12.5 Å². The Hall–Kier alpha value is -3.57. The van der Waals surface area contributed by atoms with E-state index in [1.54, 1.807) is 0 Å². The van der Waals surface area contributed by atoms with Gasteiger partial charge in [-0.3, -0.25) is 28.8 Å². The lowest BCUT2D eigenvalue weighted by atomic mass is 9.46. The quantitative estimate of drug-likeness (QED) is 0.273. The number of ketones is 2. The first-order valence-corrected chi connectivity index (χ1v) is 15.5. The van der Waals surface area contributed by atoms with Crippen LogP contribution < -0.4 is 5.32 Å². The van der Waals surface area contributed by atoms with Gasteiger partial charge in [0.05, 0.1) is 6.42 Å². The number of esters is 2. The Kier molecular flexibility index (Phi) is 9.70. The van der Waals surface area contributed by atoms with E-state index in [9.17, 15) is 38.7 Å². The van der Waals surface area contributed by atoms with Crippen LogP contribution in [0.25, 0.3) is 0 Å².